The normalized spacial score (nSPS) is 17.6. The maximum absolute atomic E-state index is 6.16. The molecule has 0 bridgehead atoms. The lowest BCUT2D eigenvalue weighted by Gasteiger charge is -2.27. The molecular formula is C13H13Cl2N3O2. The first kappa shape index (κ1) is 13.7. The van der Waals surface area contributed by atoms with Crippen LogP contribution in [0.4, 0.5) is 0 Å². The average molecular weight is 314 g/mol. The maximum Gasteiger partial charge on any atom is 0.240 e. The molecule has 1 aromatic heterocycles. The van der Waals surface area contributed by atoms with Gasteiger partial charge in [-0.1, -0.05) is 28.4 Å². The highest BCUT2D eigenvalue weighted by atomic mass is 35.5. The molecule has 0 saturated carbocycles. The number of hydrogen-bond acceptors (Lipinski definition) is 5. The Balaban J connectivity index is 1.79. The van der Waals surface area contributed by atoms with Crippen molar-refractivity contribution in [2.75, 3.05) is 6.61 Å². The van der Waals surface area contributed by atoms with Gasteiger partial charge in [0, 0.05) is 23.0 Å². The minimum Gasteiger partial charge on any atom is -0.492 e. The summed E-state index contributed by atoms with van der Waals surface area (Å²) >= 11 is 12.2. The fraction of sp³-hybridized carbons (Fsp3) is 0.385. The summed E-state index contributed by atoms with van der Waals surface area (Å²) in [7, 11) is 0. The highest BCUT2D eigenvalue weighted by Crippen LogP contribution is 2.39. The Morgan fingerprint density at radius 2 is 2.25 bits per heavy atom. The van der Waals surface area contributed by atoms with Crippen molar-refractivity contribution in [3.63, 3.8) is 0 Å². The second-order valence-electron chi connectivity index (χ2n) is 4.61. The first-order valence-corrected chi connectivity index (χ1v) is 7.03. The number of aryl methyl sites for hydroxylation is 1. The number of rotatable bonds is 3. The van der Waals surface area contributed by atoms with Gasteiger partial charge in [0.05, 0.1) is 18.2 Å². The molecule has 0 amide bonds. The van der Waals surface area contributed by atoms with Crippen LogP contribution in [0.15, 0.2) is 16.7 Å². The van der Waals surface area contributed by atoms with Crippen molar-refractivity contribution in [1.82, 2.24) is 15.5 Å². The molecule has 1 unspecified atom stereocenters. The lowest BCUT2D eigenvalue weighted by Crippen LogP contribution is -2.27. The largest absolute Gasteiger partial charge is 0.492 e. The minimum atomic E-state index is 0.0992. The average Bonchev–Trinajstić information content (AvgIpc) is 2.82. The Hall–Kier alpha value is -1.30. The molecule has 0 saturated heterocycles. The molecule has 1 N–H and O–H groups in total. The van der Waals surface area contributed by atoms with Gasteiger partial charge in [-0.05, 0) is 19.1 Å². The Kier molecular flexibility index (Phi) is 3.83. The van der Waals surface area contributed by atoms with Crippen molar-refractivity contribution >= 4 is 23.2 Å². The number of nitrogens with one attached hydrogen (secondary N) is 1. The van der Waals surface area contributed by atoms with Crippen molar-refractivity contribution in [1.29, 1.82) is 0 Å². The van der Waals surface area contributed by atoms with E-state index in [1.54, 1.807) is 13.0 Å². The zero-order valence-electron chi connectivity index (χ0n) is 10.8. The lowest BCUT2D eigenvalue weighted by atomic mass is 10.0. The molecule has 1 aliphatic rings. The van der Waals surface area contributed by atoms with Crippen molar-refractivity contribution < 1.29 is 9.26 Å². The second-order valence-corrected chi connectivity index (χ2v) is 5.46. The molecule has 106 valence electrons. The predicted octanol–water partition coefficient (Wildman–Crippen LogP) is 3.30. The quantitative estimate of drug-likeness (QED) is 0.942. The van der Waals surface area contributed by atoms with Gasteiger partial charge < -0.3 is 14.6 Å². The molecule has 3 rings (SSSR count). The standard InChI is InChI=1S/C13H13Cl2N3O2/c1-7-17-12(20-18-7)6-16-11-2-3-19-13-9(11)4-8(14)5-10(13)15/h4-5,11,16H,2-3,6H2,1H3. The number of benzene rings is 1. The van der Waals surface area contributed by atoms with E-state index in [1.165, 1.54) is 0 Å². The molecule has 0 radical (unpaired) electrons. The highest BCUT2D eigenvalue weighted by molar-refractivity contribution is 6.35. The van der Waals surface area contributed by atoms with Gasteiger partial charge in [0.15, 0.2) is 5.82 Å². The summed E-state index contributed by atoms with van der Waals surface area (Å²) in [6.07, 6.45) is 0.830. The number of ether oxygens (including phenoxy) is 1. The van der Waals surface area contributed by atoms with Gasteiger partial charge in [-0.2, -0.15) is 4.98 Å². The molecule has 0 spiro atoms. The molecule has 5 nitrogen and oxygen atoms in total. The Morgan fingerprint density at radius 3 is 3.00 bits per heavy atom. The summed E-state index contributed by atoms with van der Waals surface area (Å²) in [5, 5.41) is 8.26. The van der Waals surface area contributed by atoms with E-state index < -0.39 is 0 Å². The fourth-order valence-corrected chi connectivity index (χ4v) is 2.82. The molecule has 2 aromatic rings. The summed E-state index contributed by atoms with van der Waals surface area (Å²) in [5.74, 6) is 1.88. The molecule has 20 heavy (non-hydrogen) atoms. The van der Waals surface area contributed by atoms with Gasteiger partial charge in [-0.25, -0.2) is 0 Å². The van der Waals surface area contributed by atoms with Crippen LogP contribution in [0.2, 0.25) is 10.0 Å². The predicted molar refractivity (Wildman–Crippen MR) is 75.2 cm³/mol. The van der Waals surface area contributed by atoms with Crippen molar-refractivity contribution in [3.05, 3.63) is 39.5 Å². The molecular weight excluding hydrogens is 301 g/mol. The van der Waals surface area contributed by atoms with Crippen molar-refractivity contribution in [3.8, 4) is 5.75 Å². The summed E-state index contributed by atoms with van der Waals surface area (Å²) in [4.78, 5) is 4.16. The third-order valence-electron chi connectivity index (χ3n) is 3.13. The Bertz CT molecular complexity index is 630. The van der Waals surface area contributed by atoms with Gasteiger partial charge in [0.1, 0.15) is 5.75 Å². The van der Waals surface area contributed by atoms with E-state index in [0.29, 0.717) is 40.7 Å². The van der Waals surface area contributed by atoms with Gasteiger partial charge in [-0.15, -0.1) is 0 Å². The van der Waals surface area contributed by atoms with Crippen LogP contribution in [0.1, 0.15) is 29.7 Å². The summed E-state index contributed by atoms with van der Waals surface area (Å²) in [6.45, 7) is 2.89. The maximum atomic E-state index is 6.16. The smallest absolute Gasteiger partial charge is 0.240 e. The van der Waals surface area contributed by atoms with Crippen LogP contribution in [0, 0.1) is 6.92 Å². The van der Waals surface area contributed by atoms with Gasteiger partial charge in [0.2, 0.25) is 5.89 Å². The van der Waals surface area contributed by atoms with Gasteiger partial charge in [-0.3, -0.25) is 0 Å². The summed E-state index contributed by atoms with van der Waals surface area (Å²) < 4.78 is 10.7. The van der Waals surface area contributed by atoms with Crippen LogP contribution in [0.3, 0.4) is 0 Å². The van der Waals surface area contributed by atoms with Crippen LogP contribution >= 0.6 is 23.2 Å². The van der Waals surface area contributed by atoms with Gasteiger partial charge >= 0.3 is 0 Å². The summed E-state index contributed by atoms with van der Waals surface area (Å²) in [6, 6.07) is 3.66. The highest BCUT2D eigenvalue weighted by Gasteiger charge is 2.24. The molecule has 1 aromatic carbocycles. The topological polar surface area (TPSA) is 60.2 Å². The van der Waals surface area contributed by atoms with E-state index in [4.69, 9.17) is 32.5 Å². The number of fused-ring (bicyclic) bond motifs is 1. The Morgan fingerprint density at radius 1 is 1.40 bits per heavy atom. The third kappa shape index (κ3) is 2.75. The van der Waals surface area contributed by atoms with E-state index in [2.05, 4.69) is 15.5 Å². The van der Waals surface area contributed by atoms with Crippen LogP contribution in [0.25, 0.3) is 0 Å². The second kappa shape index (κ2) is 5.60. The first-order valence-electron chi connectivity index (χ1n) is 6.28. The zero-order chi connectivity index (χ0) is 14.1. The lowest BCUT2D eigenvalue weighted by molar-refractivity contribution is 0.247. The molecule has 1 atom stereocenters. The minimum absolute atomic E-state index is 0.0992. The fourth-order valence-electron chi connectivity index (χ4n) is 2.26. The monoisotopic (exact) mass is 313 g/mol. The Labute approximate surface area is 126 Å². The van der Waals surface area contributed by atoms with Gasteiger partial charge in [0.25, 0.3) is 0 Å². The SMILES string of the molecule is Cc1noc(CNC2CCOc3c(Cl)cc(Cl)cc32)n1. The molecule has 0 aliphatic carbocycles. The third-order valence-corrected chi connectivity index (χ3v) is 3.63. The van der Waals surface area contributed by atoms with Crippen molar-refractivity contribution in [2.45, 2.75) is 25.9 Å². The zero-order valence-corrected chi connectivity index (χ0v) is 12.3. The number of halogens is 2. The number of nitrogens with zero attached hydrogens (tertiary/aromatic N) is 2. The van der Waals surface area contributed by atoms with Crippen LogP contribution < -0.4 is 10.1 Å². The van der Waals surface area contributed by atoms with Crippen molar-refractivity contribution in [2.24, 2.45) is 0 Å². The van der Waals surface area contributed by atoms with E-state index in [-0.39, 0.29) is 6.04 Å². The molecule has 7 heteroatoms. The summed E-state index contributed by atoms with van der Waals surface area (Å²) in [5.41, 5.74) is 0.963. The first-order chi connectivity index (χ1) is 9.63. The van der Waals surface area contributed by atoms with E-state index in [9.17, 15) is 0 Å². The number of aromatic nitrogens is 2. The van der Waals surface area contributed by atoms with Crippen LogP contribution in [-0.2, 0) is 6.54 Å². The van der Waals surface area contributed by atoms with Crippen LogP contribution in [-0.4, -0.2) is 16.7 Å². The van der Waals surface area contributed by atoms with E-state index >= 15 is 0 Å². The molecule has 2 heterocycles. The van der Waals surface area contributed by atoms with E-state index in [0.717, 1.165) is 12.0 Å². The number of hydrogen-bond donors (Lipinski definition) is 1. The van der Waals surface area contributed by atoms with Crippen LogP contribution in [0.5, 0.6) is 5.75 Å². The molecule has 0 fully saturated rings. The van der Waals surface area contributed by atoms with E-state index in [1.807, 2.05) is 6.07 Å². The molecule has 1 aliphatic heterocycles.